The van der Waals surface area contributed by atoms with Crippen molar-refractivity contribution in [3.05, 3.63) is 34.4 Å². The minimum absolute atomic E-state index is 0.0656. The molecule has 0 aliphatic heterocycles. The van der Waals surface area contributed by atoms with Crippen molar-refractivity contribution in [3.8, 4) is 0 Å². The minimum atomic E-state index is -3.88. The van der Waals surface area contributed by atoms with Gasteiger partial charge >= 0.3 is 5.97 Å². The van der Waals surface area contributed by atoms with Crippen LogP contribution in [0.5, 0.6) is 0 Å². The molecule has 21 heavy (non-hydrogen) atoms. The summed E-state index contributed by atoms with van der Waals surface area (Å²) in [4.78, 5) is 21.0. The Morgan fingerprint density at radius 1 is 1.43 bits per heavy atom. The van der Waals surface area contributed by atoms with Crippen LogP contribution in [0.4, 0.5) is 5.69 Å². The van der Waals surface area contributed by atoms with E-state index in [0.29, 0.717) is 0 Å². The van der Waals surface area contributed by atoms with Gasteiger partial charge in [-0.25, -0.2) is 12.7 Å². The highest BCUT2D eigenvalue weighted by atomic mass is 32.2. The number of hydrogen-bond acceptors (Lipinski definition) is 6. The standard InChI is InChI=1S/C12H16N2O6S/c1-3-20-12(15)7-8-13(2)21(18,19)11-6-4-5-10(9-11)14(16)17/h4-6,9H,3,7-8H2,1-2H3. The van der Waals surface area contributed by atoms with Gasteiger partial charge in [0, 0.05) is 25.7 Å². The average molecular weight is 316 g/mol. The monoisotopic (exact) mass is 316 g/mol. The number of hydrogen-bond donors (Lipinski definition) is 0. The smallest absolute Gasteiger partial charge is 0.307 e. The van der Waals surface area contributed by atoms with Gasteiger partial charge in [-0.3, -0.25) is 14.9 Å². The first-order valence-electron chi connectivity index (χ1n) is 6.15. The third kappa shape index (κ3) is 4.50. The van der Waals surface area contributed by atoms with Crippen LogP contribution in [0.2, 0.25) is 0 Å². The molecule has 0 saturated heterocycles. The first-order valence-corrected chi connectivity index (χ1v) is 7.59. The summed E-state index contributed by atoms with van der Waals surface area (Å²) in [5, 5.41) is 10.7. The number of nitro groups is 1. The molecule has 0 unspecified atom stereocenters. The summed E-state index contributed by atoms with van der Waals surface area (Å²) in [5.74, 6) is -0.501. The third-order valence-corrected chi connectivity index (χ3v) is 4.53. The van der Waals surface area contributed by atoms with E-state index in [0.717, 1.165) is 10.4 Å². The van der Waals surface area contributed by atoms with Crippen molar-refractivity contribution >= 4 is 21.7 Å². The molecule has 1 rings (SSSR count). The molecule has 0 N–H and O–H groups in total. The Bertz CT molecular complexity index is 628. The van der Waals surface area contributed by atoms with E-state index in [2.05, 4.69) is 0 Å². The van der Waals surface area contributed by atoms with Gasteiger partial charge < -0.3 is 4.74 Å². The fraction of sp³-hybridized carbons (Fsp3) is 0.417. The molecular formula is C12H16N2O6S. The second-order valence-corrected chi connectivity index (χ2v) is 6.18. The Balaban J connectivity index is 2.87. The molecular weight excluding hydrogens is 300 g/mol. The zero-order valence-electron chi connectivity index (χ0n) is 11.7. The maximum atomic E-state index is 12.2. The van der Waals surface area contributed by atoms with Crippen LogP contribution >= 0.6 is 0 Å². The number of nitro benzene ring substituents is 1. The summed E-state index contributed by atoms with van der Waals surface area (Å²) in [6.07, 6.45) is -0.0848. The van der Waals surface area contributed by atoms with E-state index in [9.17, 15) is 23.3 Å². The van der Waals surface area contributed by atoms with Crippen molar-refractivity contribution in [2.24, 2.45) is 0 Å². The van der Waals surface area contributed by atoms with Crippen molar-refractivity contribution in [1.82, 2.24) is 4.31 Å². The highest BCUT2D eigenvalue weighted by Crippen LogP contribution is 2.20. The number of carbonyl (C=O) groups excluding carboxylic acids is 1. The minimum Gasteiger partial charge on any atom is -0.466 e. The zero-order valence-corrected chi connectivity index (χ0v) is 12.5. The lowest BCUT2D eigenvalue weighted by Crippen LogP contribution is -2.29. The fourth-order valence-corrected chi connectivity index (χ4v) is 2.75. The van der Waals surface area contributed by atoms with E-state index in [1.54, 1.807) is 6.92 Å². The topological polar surface area (TPSA) is 107 Å². The number of esters is 1. The van der Waals surface area contributed by atoms with Gasteiger partial charge in [-0.15, -0.1) is 0 Å². The molecule has 0 radical (unpaired) electrons. The Morgan fingerprint density at radius 3 is 2.67 bits per heavy atom. The Hall–Kier alpha value is -2.00. The van der Waals surface area contributed by atoms with E-state index in [4.69, 9.17) is 4.74 Å². The molecule has 8 nitrogen and oxygen atoms in total. The number of rotatable bonds is 7. The number of non-ortho nitro benzene ring substituents is 1. The SMILES string of the molecule is CCOC(=O)CCN(C)S(=O)(=O)c1cccc([N+](=O)[O-])c1. The Morgan fingerprint density at radius 2 is 2.10 bits per heavy atom. The molecule has 1 aromatic rings. The molecule has 0 spiro atoms. The lowest BCUT2D eigenvalue weighted by Gasteiger charge is -2.16. The molecule has 0 atom stereocenters. The molecule has 0 heterocycles. The molecule has 116 valence electrons. The number of nitrogens with zero attached hydrogens (tertiary/aromatic N) is 2. The average Bonchev–Trinajstić information content (AvgIpc) is 2.45. The first-order chi connectivity index (χ1) is 9.78. The molecule has 0 fully saturated rings. The highest BCUT2D eigenvalue weighted by molar-refractivity contribution is 7.89. The molecule has 0 aliphatic rings. The number of benzene rings is 1. The lowest BCUT2D eigenvalue weighted by atomic mass is 10.3. The van der Waals surface area contributed by atoms with Crippen molar-refractivity contribution in [3.63, 3.8) is 0 Å². The predicted octanol–water partition coefficient (Wildman–Crippen LogP) is 1.17. The van der Waals surface area contributed by atoms with Crippen LogP contribution in [-0.2, 0) is 19.6 Å². The quantitative estimate of drug-likeness (QED) is 0.424. The summed E-state index contributed by atoms with van der Waals surface area (Å²) in [6, 6.07) is 4.75. The Kier molecular flexibility index (Phi) is 5.79. The molecule has 0 aromatic heterocycles. The van der Waals surface area contributed by atoms with Gasteiger partial charge in [-0.2, -0.15) is 0 Å². The molecule has 0 saturated carbocycles. The van der Waals surface area contributed by atoms with Crippen molar-refractivity contribution < 1.29 is 22.9 Å². The normalized spacial score (nSPS) is 11.4. The second-order valence-electron chi connectivity index (χ2n) is 4.14. The van der Waals surface area contributed by atoms with Gasteiger partial charge in [-0.05, 0) is 13.0 Å². The maximum absolute atomic E-state index is 12.2. The largest absolute Gasteiger partial charge is 0.466 e. The van der Waals surface area contributed by atoms with Gasteiger partial charge in [0.05, 0.1) is 22.8 Å². The van der Waals surface area contributed by atoms with Crippen LogP contribution in [0.1, 0.15) is 13.3 Å². The third-order valence-electron chi connectivity index (χ3n) is 2.67. The van der Waals surface area contributed by atoms with E-state index in [1.165, 1.54) is 25.2 Å². The van der Waals surface area contributed by atoms with E-state index < -0.39 is 20.9 Å². The zero-order chi connectivity index (χ0) is 16.0. The summed E-state index contributed by atoms with van der Waals surface area (Å²) in [5.41, 5.74) is -0.310. The number of carbonyl (C=O) groups is 1. The number of sulfonamides is 1. The van der Waals surface area contributed by atoms with Crippen LogP contribution in [0, 0.1) is 10.1 Å². The van der Waals surface area contributed by atoms with Crippen molar-refractivity contribution in [1.29, 1.82) is 0 Å². The second kappa shape index (κ2) is 7.14. The summed E-state index contributed by atoms with van der Waals surface area (Å²) >= 11 is 0. The maximum Gasteiger partial charge on any atom is 0.307 e. The number of ether oxygens (including phenoxy) is 1. The summed E-state index contributed by atoms with van der Waals surface area (Å²) in [7, 11) is -2.59. The first kappa shape index (κ1) is 17.1. The van der Waals surface area contributed by atoms with Gasteiger partial charge in [-0.1, -0.05) is 6.07 Å². The molecule has 0 bridgehead atoms. The Labute approximate surface area is 122 Å². The summed E-state index contributed by atoms with van der Waals surface area (Å²) < 4.78 is 30.1. The van der Waals surface area contributed by atoms with E-state index in [-0.39, 0.29) is 30.2 Å². The molecule has 9 heteroatoms. The van der Waals surface area contributed by atoms with Gasteiger partial charge in [0.2, 0.25) is 10.0 Å². The highest BCUT2D eigenvalue weighted by Gasteiger charge is 2.23. The van der Waals surface area contributed by atoms with Crippen molar-refractivity contribution in [2.75, 3.05) is 20.2 Å². The lowest BCUT2D eigenvalue weighted by molar-refractivity contribution is -0.385. The van der Waals surface area contributed by atoms with E-state index in [1.807, 2.05) is 0 Å². The van der Waals surface area contributed by atoms with Crippen molar-refractivity contribution in [2.45, 2.75) is 18.2 Å². The van der Waals surface area contributed by atoms with Gasteiger partial charge in [0.15, 0.2) is 0 Å². The predicted molar refractivity (Wildman–Crippen MR) is 74.2 cm³/mol. The van der Waals surface area contributed by atoms with Gasteiger partial charge in [0.1, 0.15) is 0 Å². The van der Waals surface area contributed by atoms with Crippen LogP contribution in [-0.4, -0.2) is 43.8 Å². The van der Waals surface area contributed by atoms with Gasteiger partial charge in [0.25, 0.3) is 5.69 Å². The fourth-order valence-electron chi connectivity index (χ4n) is 1.54. The van der Waals surface area contributed by atoms with Crippen LogP contribution in [0.25, 0.3) is 0 Å². The van der Waals surface area contributed by atoms with Crippen LogP contribution in [0.3, 0.4) is 0 Å². The van der Waals surface area contributed by atoms with E-state index >= 15 is 0 Å². The van der Waals surface area contributed by atoms with Crippen LogP contribution in [0.15, 0.2) is 29.2 Å². The van der Waals surface area contributed by atoms with Crippen LogP contribution < -0.4 is 0 Å². The molecule has 0 amide bonds. The molecule has 0 aliphatic carbocycles. The molecule has 1 aromatic carbocycles. The summed E-state index contributed by atoms with van der Waals surface area (Å²) in [6.45, 7) is 1.81.